The highest BCUT2D eigenvalue weighted by molar-refractivity contribution is 5.30. The average Bonchev–Trinajstić information content (AvgIpc) is 3.19. The van der Waals surface area contributed by atoms with Crippen molar-refractivity contribution in [3.05, 3.63) is 60.7 Å². The lowest BCUT2D eigenvalue weighted by atomic mass is 9.62. The lowest BCUT2D eigenvalue weighted by Gasteiger charge is -2.45. The lowest BCUT2D eigenvalue weighted by Crippen LogP contribution is -2.48. The minimum Gasteiger partial charge on any atom is -0.252 e. The van der Waals surface area contributed by atoms with Crippen LogP contribution in [0.5, 0.6) is 0 Å². The molecular formula is C17H20F2N6. The average molecular weight is 346 g/mol. The van der Waals surface area contributed by atoms with Gasteiger partial charge in [-0.05, 0) is 17.0 Å². The van der Waals surface area contributed by atoms with Gasteiger partial charge in [0.2, 0.25) is 0 Å². The van der Waals surface area contributed by atoms with Crippen molar-refractivity contribution < 1.29 is 8.78 Å². The molecule has 6 nitrogen and oxygen atoms in total. The van der Waals surface area contributed by atoms with Gasteiger partial charge in [-0.15, -0.1) is 0 Å². The van der Waals surface area contributed by atoms with Crippen LogP contribution in [-0.2, 0) is 18.5 Å². The Labute approximate surface area is 144 Å². The van der Waals surface area contributed by atoms with E-state index in [1.807, 2.05) is 20.8 Å². The SMILES string of the molecule is CC(C)(C)C(Cn1cncn1)(Cn1cncn1)c1ccc(F)cc1F. The maximum Gasteiger partial charge on any atom is 0.137 e. The second-order valence-corrected chi connectivity index (χ2v) is 7.14. The summed E-state index contributed by atoms with van der Waals surface area (Å²) < 4.78 is 31.6. The van der Waals surface area contributed by atoms with Gasteiger partial charge in [-0.2, -0.15) is 10.2 Å². The standard InChI is InChI=1S/C17H20F2N6/c1-16(2,3)17(7-24-11-20-9-22-24,8-25-12-21-10-23-25)14-5-4-13(18)6-15(14)19/h4-6,9-12H,7-8H2,1-3H3. The molecule has 0 N–H and O–H groups in total. The first-order chi connectivity index (χ1) is 11.8. The van der Waals surface area contributed by atoms with Gasteiger partial charge >= 0.3 is 0 Å². The predicted molar refractivity (Wildman–Crippen MR) is 87.5 cm³/mol. The Bertz CT molecular complexity index is 785. The molecule has 0 amide bonds. The number of hydrogen-bond donors (Lipinski definition) is 0. The predicted octanol–water partition coefficient (Wildman–Crippen LogP) is 2.83. The molecule has 1 aromatic carbocycles. The van der Waals surface area contributed by atoms with Gasteiger partial charge in [0.05, 0.1) is 13.1 Å². The largest absolute Gasteiger partial charge is 0.252 e. The van der Waals surface area contributed by atoms with E-state index in [1.165, 1.54) is 24.8 Å². The normalized spacial score (nSPS) is 12.5. The first-order valence-corrected chi connectivity index (χ1v) is 7.92. The first-order valence-electron chi connectivity index (χ1n) is 7.92. The quantitative estimate of drug-likeness (QED) is 0.713. The van der Waals surface area contributed by atoms with Crippen LogP contribution in [0.2, 0.25) is 0 Å². The molecule has 0 aliphatic rings. The molecule has 25 heavy (non-hydrogen) atoms. The van der Waals surface area contributed by atoms with Crippen molar-refractivity contribution in [2.45, 2.75) is 39.3 Å². The Balaban J connectivity index is 2.19. The van der Waals surface area contributed by atoms with E-state index in [4.69, 9.17) is 0 Å². The Hall–Kier alpha value is -2.64. The van der Waals surface area contributed by atoms with Crippen molar-refractivity contribution in [3.63, 3.8) is 0 Å². The minimum absolute atomic E-state index is 0.360. The van der Waals surface area contributed by atoms with Gasteiger partial charge in [-0.1, -0.05) is 26.8 Å². The summed E-state index contributed by atoms with van der Waals surface area (Å²) in [7, 11) is 0. The molecule has 0 radical (unpaired) electrons. The molecule has 8 heteroatoms. The molecule has 0 unspecified atom stereocenters. The number of hydrogen-bond acceptors (Lipinski definition) is 4. The molecule has 0 fully saturated rings. The highest BCUT2D eigenvalue weighted by Gasteiger charge is 2.46. The van der Waals surface area contributed by atoms with Crippen molar-refractivity contribution in [1.82, 2.24) is 29.5 Å². The van der Waals surface area contributed by atoms with E-state index >= 15 is 0 Å². The zero-order chi connectivity index (χ0) is 18.1. The molecule has 3 rings (SSSR count). The van der Waals surface area contributed by atoms with E-state index in [2.05, 4.69) is 20.2 Å². The molecule has 0 saturated carbocycles. The van der Waals surface area contributed by atoms with Crippen LogP contribution in [0.15, 0.2) is 43.5 Å². The summed E-state index contributed by atoms with van der Waals surface area (Å²) in [6.45, 7) is 6.77. The Morgan fingerprint density at radius 3 is 1.88 bits per heavy atom. The summed E-state index contributed by atoms with van der Waals surface area (Å²) in [6.07, 6.45) is 6.04. The highest BCUT2D eigenvalue weighted by atomic mass is 19.1. The number of rotatable bonds is 5. The fourth-order valence-electron chi connectivity index (χ4n) is 3.16. The van der Waals surface area contributed by atoms with Crippen LogP contribution < -0.4 is 0 Å². The molecule has 132 valence electrons. The van der Waals surface area contributed by atoms with Gasteiger partial charge in [0.25, 0.3) is 0 Å². The topological polar surface area (TPSA) is 61.4 Å². The van der Waals surface area contributed by atoms with Gasteiger partial charge in [0.1, 0.15) is 36.9 Å². The van der Waals surface area contributed by atoms with Crippen LogP contribution in [-0.4, -0.2) is 29.5 Å². The molecule has 0 atom stereocenters. The van der Waals surface area contributed by atoms with Crippen molar-refractivity contribution in [2.24, 2.45) is 5.41 Å². The van der Waals surface area contributed by atoms with E-state index in [0.717, 1.165) is 6.07 Å². The summed E-state index contributed by atoms with van der Waals surface area (Å²) in [5.74, 6) is -1.19. The zero-order valence-corrected chi connectivity index (χ0v) is 14.4. The van der Waals surface area contributed by atoms with Crippen LogP contribution in [0.1, 0.15) is 26.3 Å². The van der Waals surface area contributed by atoms with Gasteiger partial charge in [0, 0.05) is 11.5 Å². The molecule has 0 aliphatic heterocycles. The lowest BCUT2D eigenvalue weighted by molar-refractivity contribution is 0.116. The van der Waals surface area contributed by atoms with E-state index in [-0.39, 0.29) is 0 Å². The second-order valence-electron chi connectivity index (χ2n) is 7.14. The third kappa shape index (κ3) is 3.29. The van der Waals surface area contributed by atoms with Crippen molar-refractivity contribution >= 4 is 0 Å². The van der Waals surface area contributed by atoms with E-state index in [0.29, 0.717) is 18.7 Å². The number of benzene rings is 1. The molecule has 0 aliphatic carbocycles. The summed E-state index contributed by atoms with van der Waals surface area (Å²) in [6, 6.07) is 3.70. The molecular weight excluding hydrogens is 326 g/mol. The number of halogens is 2. The third-order valence-electron chi connectivity index (χ3n) is 4.68. The molecule has 2 heterocycles. The van der Waals surface area contributed by atoms with Crippen LogP contribution in [0.25, 0.3) is 0 Å². The fraction of sp³-hybridized carbons (Fsp3) is 0.412. The van der Waals surface area contributed by atoms with Crippen LogP contribution in [0.4, 0.5) is 8.78 Å². The Morgan fingerprint density at radius 2 is 1.48 bits per heavy atom. The van der Waals surface area contributed by atoms with Crippen LogP contribution >= 0.6 is 0 Å². The summed E-state index contributed by atoms with van der Waals surface area (Å²) in [5, 5.41) is 8.36. The second kappa shape index (κ2) is 6.34. The highest BCUT2D eigenvalue weighted by Crippen LogP contribution is 2.45. The van der Waals surface area contributed by atoms with E-state index < -0.39 is 22.5 Å². The van der Waals surface area contributed by atoms with Crippen molar-refractivity contribution in [1.29, 1.82) is 0 Å². The zero-order valence-electron chi connectivity index (χ0n) is 14.4. The molecule has 2 aromatic heterocycles. The van der Waals surface area contributed by atoms with Crippen LogP contribution in [0.3, 0.4) is 0 Å². The third-order valence-corrected chi connectivity index (χ3v) is 4.68. The maximum absolute atomic E-state index is 14.8. The molecule has 0 bridgehead atoms. The Kier molecular flexibility index (Phi) is 4.36. The summed E-state index contributed by atoms with van der Waals surface area (Å²) in [5.41, 5.74) is -0.747. The van der Waals surface area contributed by atoms with E-state index in [1.54, 1.807) is 22.0 Å². The fourth-order valence-corrected chi connectivity index (χ4v) is 3.16. The summed E-state index contributed by atoms with van der Waals surface area (Å²) in [4.78, 5) is 7.96. The van der Waals surface area contributed by atoms with Gasteiger partial charge < -0.3 is 0 Å². The summed E-state index contributed by atoms with van der Waals surface area (Å²) >= 11 is 0. The van der Waals surface area contributed by atoms with Crippen LogP contribution in [0, 0.1) is 17.0 Å². The number of nitrogens with zero attached hydrogens (tertiary/aromatic N) is 6. The minimum atomic E-state index is -0.758. The van der Waals surface area contributed by atoms with Gasteiger partial charge in [-0.3, -0.25) is 9.36 Å². The molecule has 0 saturated heterocycles. The monoisotopic (exact) mass is 346 g/mol. The molecule has 3 aromatic rings. The van der Waals surface area contributed by atoms with E-state index in [9.17, 15) is 8.78 Å². The van der Waals surface area contributed by atoms with Crippen molar-refractivity contribution in [3.8, 4) is 0 Å². The van der Waals surface area contributed by atoms with Gasteiger partial charge in [-0.25, -0.2) is 18.7 Å². The van der Waals surface area contributed by atoms with Gasteiger partial charge in [0.15, 0.2) is 0 Å². The maximum atomic E-state index is 14.8. The first kappa shape index (κ1) is 17.2. The number of aromatic nitrogens is 6. The molecule has 0 spiro atoms. The Morgan fingerprint density at radius 1 is 0.920 bits per heavy atom. The smallest absolute Gasteiger partial charge is 0.137 e. The van der Waals surface area contributed by atoms with Crippen molar-refractivity contribution in [2.75, 3.05) is 0 Å².